The van der Waals surface area contributed by atoms with Gasteiger partial charge in [0.05, 0.1) is 0 Å². The van der Waals surface area contributed by atoms with E-state index in [1.807, 2.05) is 13.8 Å². The molecule has 1 unspecified atom stereocenters. The summed E-state index contributed by atoms with van der Waals surface area (Å²) in [6.45, 7) is 3.88. The molecule has 0 radical (unpaired) electrons. The minimum atomic E-state index is -0.843. The van der Waals surface area contributed by atoms with E-state index in [-0.39, 0.29) is 0 Å². The SMILES string of the molecule is CCCCC(Nc1cc(C)ncn1)C(=O)O. The zero-order valence-electron chi connectivity index (χ0n) is 9.60. The Hall–Kier alpha value is -1.65. The molecular formula is C11H17N3O2. The number of unbranched alkanes of at least 4 members (excludes halogenated alkanes) is 1. The Kier molecular flexibility index (Phi) is 4.69. The average Bonchev–Trinajstić information content (AvgIpc) is 2.24. The Morgan fingerprint density at radius 2 is 2.31 bits per heavy atom. The van der Waals surface area contributed by atoms with Crippen molar-refractivity contribution in [1.29, 1.82) is 0 Å². The van der Waals surface area contributed by atoms with E-state index in [2.05, 4.69) is 15.3 Å². The number of carboxylic acids is 1. The van der Waals surface area contributed by atoms with Crippen molar-refractivity contribution in [2.24, 2.45) is 0 Å². The van der Waals surface area contributed by atoms with E-state index in [9.17, 15) is 4.79 Å². The number of nitrogens with zero attached hydrogens (tertiary/aromatic N) is 2. The summed E-state index contributed by atoms with van der Waals surface area (Å²) >= 11 is 0. The summed E-state index contributed by atoms with van der Waals surface area (Å²) in [5, 5.41) is 11.9. The zero-order valence-corrected chi connectivity index (χ0v) is 9.60. The minimum Gasteiger partial charge on any atom is -0.480 e. The summed E-state index contributed by atoms with van der Waals surface area (Å²) in [5.74, 6) is -0.277. The van der Waals surface area contributed by atoms with E-state index in [0.29, 0.717) is 12.2 Å². The second kappa shape index (κ2) is 6.05. The first-order valence-corrected chi connectivity index (χ1v) is 5.41. The van der Waals surface area contributed by atoms with Crippen molar-refractivity contribution in [2.75, 3.05) is 5.32 Å². The maximum Gasteiger partial charge on any atom is 0.326 e. The lowest BCUT2D eigenvalue weighted by Crippen LogP contribution is -2.29. The second-order valence-electron chi connectivity index (χ2n) is 3.72. The molecule has 0 saturated heterocycles. The van der Waals surface area contributed by atoms with Crippen LogP contribution in [0.15, 0.2) is 12.4 Å². The number of carbonyl (C=O) groups is 1. The second-order valence-corrected chi connectivity index (χ2v) is 3.72. The first-order valence-electron chi connectivity index (χ1n) is 5.41. The van der Waals surface area contributed by atoms with E-state index >= 15 is 0 Å². The summed E-state index contributed by atoms with van der Waals surface area (Å²) in [5.41, 5.74) is 0.817. The fraction of sp³-hybridized carbons (Fsp3) is 0.545. The predicted octanol–water partition coefficient (Wildman–Crippen LogP) is 1.84. The van der Waals surface area contributed by atoms with E-state index in [1.165, 1.54) is 6.33 Å². The highest BCUT2D eigenvalue weighted by Crippen LogP contribution is 2.09. The Morgan fingerprint density at radius 1 is 1.56 bits per heavy atom. The van der Waals surface area contributed by atoms with Crippen LogP contribution in [0.3, 0.4) is 0 Å². The van der Waals surface area contributed by atoms with Gasteiger partial charge < -0.3 is 10.4 Å². The summed E-state index contributed by atoms with van der Waals surface area (Å²) in [4.78, 5) is 18.9. The topological polar surface area (TPSA) is 75.1 Å². The van der Waals surface area contributed by atoms with Gasteiger partial charge in [-0.15, -0.1) is 0 Å². The van der Waals surface area contributed by atoms with Crippen LogP contribution in [-0.2, 0) is 4.79 Å². The fourth-order valence-corrected chi connectivity index (χ4v) is 1.38. The van der Waals surface area contributed by atoms with Gasteiger partial charge in [-0.2, -0.15) is 0 Å². The molecule has 1 aromatic rings. The smallest absolute Gasteiger partial charge is 0.326 e. The van der Waals surface area contributed by atoms with Gasteiger partial charge in [-0.05, 0) is 13.3 Å². The number of rotatable bonds is 6. The maximum absolute atomic E-state index is 11.0. The highest BCUT2D eigenvalue weighted by Gasteiger charge is 2.16. The summed E-state index contributed by atoms with van der Waals surface area (Å²) in [7, 11) is 0. The molecule has 5 heteroatoms. The first-order chi connectivity index (χ1) is 7.63. The molecule has 0 fully saturated rings. The Balaban J connectivity index is 2.64. The van der Waals surface area contributed by atoms with Crippen LogP contribution >= 0.6 is 0 Å². The molecule has 0 spiro atoms. The molecule has 1 aromatic heterocycles. The molecule has 0 saturated carbocycles. The van der Waals surface area contributed by atoms with Gasteiger partial charge in [0.2, 0.25) is 0 Å². The molecule has 16 heavy (non-hydrogen) atoms. The molecular weight excluding hydrogens is 206 g/mol. The van der Waals surface area contributed by atoms with Gasteiger partial charge >= 0.3 is 5.97 Å². The van der Waals surface area contributed by atoms with Crippen LogP contribution in [0.1, 0.15) is 31.9 Å². The Morgan fingerprint density at radius 3 is 2.88 bits per heavy atom. The number of aliphatic carboxylic acids is 1. The van der Waals surface area contributed by atoms with Crippen molar-refractivity contribution in [3.8, 4) is 0 Å². The van der Waals surface area contributed by atoms with Crippen LogP contribution < -0.4 is 5.32 Å². The highest BCUT2D eigenvalue weighted by molar-refractivity contribution is 5.76. The number of carboxylic acid groups (broad SMARTS) is 1. The molecule has 0 aliphatic heterocycles. The van der Waals surface area contributed by atoms with E-state index < -0.39 is 12.0 Å². The number of aryl methyl sites for hydroxylation is 1. The monoisotopic (exact) mass is 223 g/mol. The van der Waals surface area contributed by atoms with Crippen molar-refractivity contribution in [1.82, 2.24) is 9.97 Å². The number of anilines is 1. The number of aromatic nitrogens is 2. The maximum atomic E-state index is 11.0. The molecule has 0 aliphatic carbocycles. The Labute approximate surface area is 94.9 Å². The molecule has 0 aromatic carbocycles. The lowest BCUT2D eigenvalue weighted by molar-refractivity contribution is -0.138. The normalized spacial score (nSPS) is 12.1. The van der Waals surface area contributed by atoms with Crippen molar-refractivity contribution >= 4 is 11.8 Å². The van der Waals surface area contributed by atoms with Crippen molar-refractivity contribution in [2.45, 2.75) is 39.2 Å². The highest BCUT2D eigenvalue weighted by atomic mass is 16.4. The minimum absolute atomic E-state index is 0.566. The fourth-order valence-electron chi connectivity index (χ4n) is 1.38. The van der Waals surface area contributed by atoms with Crippen LogP contribution in [0.4, 0.5) is 5.82 Å². The van der Waals surface area contributed by atoms with Crippen molar-refractivity contribution < 1.29 is 9.90 Å². The van der Waals surface area contributed by atoms with Gasteiger partial charge in [0, 0.05) is 11.8 Å². The standard InChI is InChI=1S/C11H17N3O2/c1-3-4-5-9(11(15)16)14-10-6-8(2)12-7-13-10/h6-7,9H,3-5H2,1-2H3,(H,15,16)(H,12,13,14). The van der Waals surface area contributed by atoms with Gasteiger partial charge in [-0.1, -0.05) is 19.8 Å². The third-order valence-corrected chi connectivity index (χ3v) is 2.27. The number of hydrogen-bond acceptors (Lipinski definition) is 4. The molecule has 2 N–H and O–H groups in total. The van der Waals surface area contributed by atoms with Crippen molar-refractivity contribution in [3.05, 3.63) is 18.1 Å². The molecule has 0 amide bonds. The van der Waals surface area contributed by atoms with Crippen molar-refractivity contribution in [3.63, 3.8) is 0 Å². The predicted molar refractivity (Wildman–Crippen MR) is 61.3 cm³/mol. The van der Waals surface area contributed by atoms with Crippen LogP contribution in [0.2, 0.25) is 0 Å². The van der Waals surface area contributed by atoms with E-state index in [0.717, 1.165) is 18.5 Å². The van der Waals surface area contributed by atoms with Crippen LogP contribution in [0.25, 0.3) is 0 Å². The van der Waals surface area contributed by atoms with Gasteiger partial charge in [-0.25, -0.2) is 14.8 Å². The molecule has 0 bridgehead atoms. The third kappa shape index (κ3) is 3.84. The number of hydrogen-bond donors (Lipinski definition) is 2. The van der Waals surface area contributed by atoms with Gasteiger partial charge in [0.15, 0.2) is 0 Å². The third-order valence-electron chi connectivity index (χ3n) is 2.27. The lowest BCUT2D eigenvalue weighted by atomic mass is 10.1. The lowest BCUT2D eigenvalue weighted by Gasteiger charge is -2.14. The summed E-state index contributed by atoms with van der Waals surface area (Å²) < 4.78 is 0. The van der Waals surface area contributed by atoms with Gasteiger partial charge in [0.1, 0.15) is 18.2 Å². The molecule has 0 aliphatic rings. The van der Waals surface area contributed by atoms with Crippen LogP contribution in [-0.4, -0.2) is 27.1 Å². The molecule has 5 nitrogen and oxygen atoms in total. The van der Waals surface area contributed by atoms with E-state index in [1.54, 1.807) is 6.07 Å². The average molecular weight is 223 g/mol. The molecule has 1 heterocycles. The molecule has 1 atom stereocenters. The zero-order chi connectivity index (χ0) is 12.0. The largest absolute Gasteiger partial charge is 0.480 e. The summed E-state index contributed by atoms with van der Waals surface area (Å²) in [6.07, 6.45) is 3.90. The molecule has 88 valence electrons. The molecule has 1 rings (SSSR count). The first kappa shape index (κ1) is 12.4. The summed E-state index contributed by atoms with van der Waals surface area (Å²) in [6, 6.07) is 1.16. The quantitative estimate of drug-likeness (QED) is 0.769. The van der Waals surface area contributed by atoms with Crippen LogP contribution in [0, 0.1) is 6.92 Å². The van der Waals surface area contributed by atoms with E-state index in [4.69, 9.17) is 5.11 Å². The van der Waals surface area contributed by atoms with Gasteiger partial charge in [0.25, 0.3) is 0 Å². The van der Waals surface area contributed by atoms with Gasteiger partial charge in [-0.3, -0.25) is 0 Å². The van der Waals surface area contributed by atoms with Crippen LogP contribution in [0.5, 0.6) is 0 Å². The Bertz CT molecular complexity index is 355. The number of nitrogens with one attached hydrogen (secondary N) is 1.